The molecule has 0 saturated carbocycles. The van der Waals surface area contributed by atoms with E-state index >= 15 is 0 Å². The average molecular weight is 205 g/mol. The molecule has 0 aromatic rings. The van der Waals surface area contributed by atoms with Gasteiger partial charge in [-0.15, -0.1) is 0 Å². The molecule has 0 aliphatic rings. The van der Waals surface area contributed by atoms with Crippen LogP contribution in [0.4, 0.5) is 30.7 Å². The Morgan fingerprint density at radius 3 is 1.23 bits per heavy atom. The van der Waals surface area contributed by atoms with Crippen molar-refractivity contribution in [1.29, 1.82) is 0 Å². The van der Waals surface area contributed by atoms with Crippen LogP contribution in [0.2, 0.25) is 0 Å². The molecule has 0 aliphatic carbocycles. The van der Waals surface area contributed by atoms with E-state index in [4.69, 9.17) is 5.73 Å². The van der Waals surface area contributed by atoms with Gasteiger partial charge in [-0.2, -0.15) is 22.0 Å². The molecule has 13 heavy (non-hydrogen) atoms. The number of nitrogens with one attached hydrogen (secondary N) is 1. The van der Waals surface area contributed by atoms with Crippen LogP contribution in [0.25, 0.3) is 5.73 Å². The van der Waals surface area contributed by atoms with E-state index < -0.39 is 24.6 Å². The predicted molar refractivity (Wildman–Crippen MR) is 25.1 cm³/mol. The van der Waals surface area contributed by atoms with E-state index in [1.165, 1.54) is 0 Å². The van der Waals surface area contributed by atoms with Crippen LogP contribution in [0.1, 0.15) is 0 Å². The molecule has 0 fully saturated rings. The van der Waals surface area contributed by atoms with Crippen molar-refractivity contribution in [2.24, 2.45) is 0 Å². The van der Waals surface area contributed by atoms with Crippen LogP contribution in [0, 0.1) is 0 Å². The molecule has 0 radical (unpaired) electrons. The smallest absolute Gasteiger partial charge is 0.672 e. The Kier molecular flexibility index (Phi) is 4.86. The summed E-state index contributed by atoms with van der Waals surface area (Å²) in [5, 5.41) is 0. The maximum atomic E-state index is 11.8. The van der Waals surface area contributed by atoms with Gasteiger partial charge in [-0.1, -0.05) is 6.54 Å². The molecule has 0 aromatic carbocycles. The molecule has 1 nitrogen and oxygen atoms in total. The van der Waals surface area contributed by atoms with E-state index in [-0.39, 0.29) is 18.9 Å². The van der Waals surface area contributed by atoms with Crippen molar-refractivity contribution < 1.29 is 49.6 Å². The first-order valence-corrected chi connectivity index (χ1v) is 2.53. The molecule has 0 rings (SSSR count). The van der Waals surface area contributed by atoms with Gasteiger partial charge in [0.2, 0.25) is 0 Å². The molecule has 0 bridgehead atoms. The van der Waals surface area contributed by atoms with Crippen molar-refractivity contribution >= 4 is 0 Å². The molecular weight excluding hydrogens is 202 g/mol. The van der Waals surface area contributed by atoms with E-state index in [9.17, 15) is 30.7 Å². The topological polar surface area (TPSA) is 23.8 Å². The summed E-state index contributed by atoms with van der Waals surface area (Å²) in [6.45, 7) is -2.31. The van der Waals surface area contributed by atoms with Gasteiger partial charge in [0.05, 0.1) is 0 Å². The largest absolute Gasteiger partial charge is 1.00 e. The monoisotopic (exact) mass is 205 g/mol. The van der Waals surface area contributed by atoms with Gasteiger partial charge in [0.15, 0.2) is 0 Å². The Morgan fingerprint density at radius 1 is 0.846 bits per heavy atom. The van der Waals surface area contributed by atoms with E-state index in [0.29, 0.717) is 0 Å². The second kappa shape index (κ2) is 4.07. The third kappa shape index (κ3) is 2.76. The molecule has 1 N–H and O–H groups in total. The Hall–Kier alpha value is 0.0674. The van der Waals surface area contributed by atoms with Gasteiger partial charge in [0, 0.05) is 0 Å². The van der Waals surface area contributed by atoms with Crippen molar-refractivity contribution in [3.63, 3.8) is 0 Å². The van der Waals surface area contributed by atoms with E-state index in [1.54, 1.807) is 0 Å². The van der Waals surface area contributed by atoms with Crippen molar-refractivity contribution in [1.82, 2.24) is 0 Å². The van der Waals surface area contributed by atoms with Crippen LogP contribution in [-0.4, -0.2) is 24.6 Å². The molecule has 9 heteroatoms. The Morgan fingerprint density at radius 2 is 1.15 bits per heavy atom. The summed E-state index contributed by atoms with van der Waals surface area (Å²) in [7, 11) is 0. The van der Waals surface area contributed by atoms with E-state index in [1.807, 2.05) is 0 Å². The molecule has 0 unspecified atom stereocenters. The van der Waals surface area contributed by atoms with Crippen LogP contribution in [0.3, 0.4) is 0 Å². The number of alkyl halides is 7. The maximum absolute atomic E-state index is 11.8. The molecular formula is C4H3F7LiN. The van der Waals surface area contributed by atoms with Crippen LogP contribution < -0.4 is 18.9 Å². The fourth-order valence-electron chi connectivity index (χ4n) is 0.318. The van der Waals surface area contributed by atoms with Crippen LogP contribution in [-0.2, 0) is 0 Å². The Labute approximate surface area is 80.6 Å². The summed E-state index contributed by atoms with van der Waals surface area (Å²) < 4.78 is 80.6. The van der Waals surface area contributed by atoms with Crippen molar-refractivity contribution in [2.45, 2.75) is 18.0 Å². The molecule has 74 valence electrons. The zero-order valence-corrected chi connectivity index (χ0v) is 6.35. The molecule has 0 aromatic heterocycles. The summed E-state index contributed by atoms with van der Waals surface area (Å²) in [6.07, 6.45) is -6.32. The minimum Gasteiger partial charge on any atom is -0.672 e. The second-order valence-corrected chi connectivity index (χ2v) is 1.95. The number of halogens is 7. The van der Waals surface area contributed by atoms with Crippen LogP contribution in [0.15, 0.2) is 0 Å². The zero-order valence-electron chi connectivity index (χ0n) is 6.35. The number of hydrogen-bond acceptors (Lipinski definition) is 0. The van der Waals surface area contributed by atoms with Crippen molar-refractivity contribution in [3.8, 4) is 0 Å². The summed E-state index contributed by atoms with van der Waals surface area (Å²) >= 11 is 0. The quantitative estimate of drug-likeness (QED) is 0.443. The normalized spacial score (nSPS) is 13.8. The van der Waals surface area contributed by atoms with Gasteiger partial charge in [-0.05, 0) is 0 Å². The van der Waals surface area contributed by atoms with E-state index in [0.717, 1.165) is 0 Å². The summed E-state index contributed by atoms with van der Waals surface area (Å²) in [5.74, 6) is -11.5. The SMILES string of the molecule is [Li+].[NH-]CC(F)(F)C(F)(F)C(F)(F)F. The molecule has 0 heterocycles. The Bertz CT molecular complexity index is 164. The molecule has 0 amide bonds. The third-order valence-corrected chi connectivity index (χ3v) is 1.04. The summed E-state index contributed by atoms with van der Waals surface area (Å²) in [5.41, 5.74) is 5.81. The average Bonchev–Trinajstić information content (AvgIpc) is 1.85. The fourth-order valence-corrected chi connectivity index (χ4v) is 0.318. The minimum atomic E-state index is -6.32. The number of rotatable bonds is 2. The standard InChI is InChI=1S/C4H3F7N.Li/c5-2(6,1-12)3(7,8)4(9,10)11;/h12H,1H2;/q-1;+1. The minimum absolute atomic E-state index is 0. The van der Waals surface area contributed by atoms with Gasteiger partial charge in [-0.3, -0.25) is 0 Å². The first-order valence-electron chi connectivity index (χ1n) is 2.53. The van der Waals surface area contributed by atoms with Crippen molar-refractivity contribution in [2.75, 3.05) is 6.54 Å². The first-order chi connectivity index (χ1) is 5.06. The zero-order chi connectivity index (χ0) is 10.2. The molecule has 0 spiro atoms. The third-order valence-electron chi connectivity index (χ3n) is 1.04. The molecule has 0 atom stereocenters. The maximum Gasteiger partial charge on any atom is 1.00 e. The van der Waals surface area contributed by atoms with Gasteiger partial charge in [0.1, 0.15) is 0 Å². The Balaban J connectivity index is 0. The second-order valence-electron chi connectivity index (χ2n) is 1.95. The van der Waals surface area contributed by atoms with Gasteiger partial charge in [0.25, 0.3) is 0 Å². The summed E-state index contributed by atoms with van der Waals surface area (Å²) in [6, 6.07) is 0. The first kappa shape index (κ1) is 15.5. The van der Waals surface area contributed by atoms with Crippen LogP contribution >= 0.6 is 0 Å². The van der Waals surface area contributed by atoms with Gasteiger partial charge in [-0.25, -0.2) is 8.78 Å². The van der Waals surface area contributed by atoms with Gasteiger partial charge >= 0.3 is 36.9 Å². The van der Waals surface area contributed by atoms with Crippen LogP contribution in [0.5, 0.6) is 0 Å². The fraction of sp³-hybridized carbons (Fsp3) is 1.00. The van der Waals surface area contributed by atoms with Gasteiger partial charge < -0.3 is 5.73 Å². The number of hydrogen-bond donors (Lipinski definition) is 0. The summed E-state index contributed by atoms with van der Waals surface area (Å²) in [4.78, 5) is 0. The molecule has 0 saturated heterocycles. The van der Waals surface area contributed by atoms with Crippen molar-refractivity contribution in [3.05, 3.63) is 5.73 Å². The van der Waals surface area contributed by atoms with E-state index in [2.05, 4.69) is 0 Å². The predicted octanol–water partition coefficient (Wildman–Crippen LogP) is -0.125. The molecule has 0 aliphatic heterocycles.